The van der Waals surface area contributed by atoms with Crippen LogP contribution in [-0.2, 0) is 4.79 Å². The minimum absolute atomic E-state index is 0.450. The van der Waals surface area contributed by atoms with Crippen molar-refractivity contribution in [3.8, 4) is 0 Å². The van der Waals surface area contributed by atoms with Crippen LogP contribution in [0.25, 0.3) is 0 Å². The van der Waals surface area contributed by atoms with Crippen LogP contribution in [0.2, 0.25) is 0 Å². The summed E-state index contributed by atoms with van der Waals surface area (Å²) in [5.74, 6) is -1.22. The smallest absolute Gasteiger partial charge is 0.312 e. The number of carboxylic acid groups (broad SMARTS) is 1. The third kappa shape index (κ3) is 3.06. The number of aliphatic carboxylic acids is 1. The maximum atomic E-state index is 11.2. The van der Waals surface area contributed by atoms with Crippen molar-refractivity contribution in [1.82, 2.24) is 5.32 Å². The second kappa shape index (κ2) is 4.97. The zero-order valence-corrected chi connectivity index (χ0v) is 10.4. The number of halogens is 1. The molecule has 16 heavy (non-hydrogen) atoms. The van der Waals surface area contributed by atoms with Crippen LogP contribution < -0.4 is 5.32 Å². The van der Waals surface area contributed by atoms with Gasteiger partial charge in [0.05, 0.1) is 5.92 Å². The van der Waals surface area contributed by atoms with E-state index in [2.05, 4.69) is 21.2 Å². The number of rotatable bonds is 5. The Balaban J connectivity index is 2.04. The standard InChI is InChI=1S/C12H14BrNO2/c13-9-3-1-8(2-4-9)11(12(15)16)7-14-10-5-6-10/h1-4,10-11,14H,5-7H2,(H,15,16). The van der Waals surface area contributed by atoms with E-state index in [1.165, 1.54) is 12.8 Å². The Hall–Kier alpha value is -0.870. The van der Waals surface area contributed by atoms with Gasteiger partial charge in [0, 0.05) is 17.1 Å². The van der Waals surface area contributed by atoms with Crippen LogP contribution in [0.1, 0.15) is 24.3 Å². The molecule has 1 aromatic carbocycles. The van der Waals surface area contributed by atoms with Crippen molar-refractivity contribution >= 4 is 21.9 Å². The molecular formula is C12H14BrNO2. The van der Waals surface area contributed by atoms with Gasteiger partial charge in [0.15, 0.2) is 0 Å². The van der Waals surface area contributed by atoms with E-state index in [0.29, 0.717) is 12.6 Å². The van der Waals surface area contributed by atoms with Crippen molar-refractivity contribution in [3.63, 3.8) is 0 Å². The van der Waals surface area contributed by atoms with E-state index >= 15 is 0 Å². The first kappa shape index (κ1) is 11.6. The van der Waals surface area contributed by atoms with E-state index in [-0.39, 0.29) is 0 Å². The third-order valence-electron chi connectivity index (χ3n) is 2.76. The number of carboxylic acids is 1. The summed E-state index contributed by atoms with van der Waals surface area (Å²) in [5, 5.41) is 12.4. The molecule has 86 valence electrons. The highest BCUT2D eigenvalue weighted by Crippen LogP contribution is 2.22. The van der Waals surface area contributed by atoms with Crippen molar-refractivity contribution < 1.29 is 9.90 Å². The van der Waals surface area contributed by atoms with E-state index in [1.54, 1.807) is 0 Å². The molecule has 1 unspecified atom stereocenters. The molecule has 1 fully saturated rings. The molecule has 1 aromatic rings. The summed E-state index contributed by atoms with van der Waals surface area (Å²) < 4.78 is 0.968. The van der Waals surface area contributed by atoms with Gasteiger partial charge in [-0.05, 0) is 30.5 Å². The van der Waals surface area contributed by atoms with Crippen molar-refractivity contribution in [2.75, 3.05) is 6.54 Å². The predicted molar refractivity (Wildman–Crippen MR) is 65.5 cm³/mol. The number of benzene rings is 1. The maximum absolute atomic E-state index is 11.2. The number of nitrogens with one attached hydrogen (secondary N) is 1. The monoisotopic (exact) mass is 283 g/mol. The molecule has 0 amide bonds. The highest BCUT2D eigenvalue weighted by molar-refractivity contribution is 9.10. The lowest BCUT2D eigenvalue weighted by atomic mass is 9.99. The molecule has 0 saturated heterocycles. The minimum atomic E-state index is -0.768. The predicted octanol–water partition coefficient (Wildman–Crippen LogP) is 2.37. The van der Waals surface area contributed by atoms with E-state index in [1.807, 2.05) is 24.3 Å². The van der Waals surface area contributed by atoms with Crippen LogP contribution >= 0.6 is 15.9 Å². The lowest BCUT2D eigenvalue weighted by Crippen LogP contribution is -2.28. The van der Waals surface area contributed by atoms with Gasteiger partial charge in [-0.1, -0.05) is 28.1 Å². The molecule has 0 aliphatic heterocycles. The molecule has 0 aromatic heterocycles. The third-order valence-corrected chi connectivity index (χ3v) is 3.29. The fraction of sp³-hybridized carbons (Fsp3) is 0.417. The number of carbonyl (C=O) groups is 1. The van der Waals surface area contributed by atoms with Crippen LogP contribution in [0.15, 0.2) is 28.7 Å². The van der Waals surface area contributed by atoms with E-state index in [0.717, 1.165) is 10.0 Å². The summed E-state index contributed by atoms with van der Waals surface area (Å²) in [4.78, 5) is 11.2. The summed E-state index contributed by atoms with van der Waals surface area (Å²) in [6.07, 6.45) is 2.35. The average molecular weight is 284 g/mol. The molecule has 1 aliphatic carbocycles. The van der Waals surface area contributed by atoms with Crippen LogP contribution in [0.5, 0.6) is 0 Å². The van der Waals surface area contributed by atoms with Gasteiger partial charge in [0.25, 0.3) is 0 Å². The zero-order chi connectivity index (χ0) is 11.5. The Kier molecular flexibility index (Phi) is 3.61. The van der Waals surface area contributed by atoms with Gasteiger partial charge in [0.1, 0.15) is 0 Å². The normalized spacial score (nSPS) is 17.1. The van der Waals surface area contributed by atoms with Crippen molar-refractivity contribution in [1.29, 1.82) is 0 Å². The lowest BCUT2D eigenvalue weighted by molar-refractivity contribution is -0.138. The van der Waals surface area contributed by atoms with Gasteiger partial charge >= 0.3 is 5.97 Å². The first-order valence-corrected chi connectivity index (χ1v) is 6.18. The Morgan fingerprint density at radius 1 is 1.44 bits per heavy atom. The molecule has 3 nitrogen and oxygen atoms in total. The molecule has 0 bridgehead atoms. The van der Waals surface area contributed by atoms with Crippen LogP contribution in [0.4, 0.5) is 0 Å². The highest BCUT2D eigenvalue weighted by Gasteiger charge is 2.25. The molecule has 2 rings (SSSR count). The second-order valence-electron chi connectivity index (χ2n) is 4.12. The summed E-state index contributed by atoms with van der Waals surface area (Å²) in [5.41, 5.74) is 0.851. The van der Waals surface area contributed by atoms with Crippen LogP contribution in [-0.4, -0.2) is 23.7 Å². The molecule has 1 atom stereocenters. The van der Waals surface area contributed by atoms with E-state index in [4.69, 9.17) is 0 Å². The number of hydrogen-bond acceptors (Lipinski definition) is 2. The molecule has 1 saturated carbocycles. The van der Waals surface area contributed by atoms with Crippen LogP contribution in [0, 0.1) is 0 Å². The summed E-state index contributed by atoms with van der Waals surface area (Å²) in [6, 6.07) is 8.01. The van der Waals surface area contributed by atoms with Gasteiger partial charge in [-0.3, -0.25) is 4.79 Å². The summed E-state index contributed by atoms with van der Waals surface area (Å²) in [7, 11) is 0. The first-order chi connectivity index (χ1) is 7.66. The Bertz CT molecular complexity index is 373. The Labute approximate surface area is 103 Å². The fourth-order valence-electron chi connectivity index (χ4n) is 1.61. The van der Waals surface area contributed by atoms with E-state index < -0.39 is 11.9 Å². The summed E-state index contributed by atoms with van der Waals surface area (Å²) >= 11 is 3.34. The molecule has 0 radical (unpaired) electrons. The van der Waals surface area contributed by atoms with Crippen molar-refractivity contribution in [3.05, 3.63) is 34.3 Å². The number of hydrogen-bond donors (Lipinski definition) is 2. The van der Waals surface area contributed by atoms with Gasteiger partial charge in [-0.25, -0.2) is 0 Å². The largest absolute Gasteiger partial charge is 0.481 e. The van der Waals surface area contributed by atoms with Crippen LogP contribution in [0.3, 0.4) is 0 Å². The summed E-state index contributed by atoms with van der Waals surface area (Å²) in [6.45, 7) is 0.516. The molecule has 0 heterocycles. The quantitative estimate of drug-likeness (QED) is 0.872. The van der Waals surface area contributed by atoms with Gasteiger partial charge < -0.3 is 10.4 Å². The zero-order valence-electron chi connectivity index (χ0n) is 8.82. The highest BCUT2D eigenvalue weighted by atomic mass is 79.9. The molecule has 4 heteroatoms. The van der Waals surface area contributed by atoms with Crippen molar-refractivity contribution in [2.24, 2.45) is 0 Å². The second-order valence-corrected chi connectivity index (χ2v) is 5.04. The average Bonchev–Trinajstić information content (AvgIpc) is 3.04. The SMILES string of the molecule is O=C(O)C(CNC1CC1)c1ccc(Br)cc1. The fourth-order valence-corrected chi connectivity index (χ4v) is 1.88. The molecule has 0 spiro atoms. The van der Waals surface area contributed by atoms with Gasteiger partial charge in [-0.15, -0.1) is 0 Å². The Morgan fingerprint density at radius 3 is 2.56 bits per heavy atom. The minimum Gasteiger partial charge on any atom is -0.481 e. The molecule has 1 aliphatic rings. The lowest BCUT2D eigenvalue weighted by Gasteiger charge is -2.13. The first-order valence-electron chi connectivity index (χ1n) is 5.38. The maximum Gasteiger partial charge on any atom is 0.312 e. The molecule has 2 N–H and O–H groups in total. The topological polar surface area (TPSA) is 49.3 Å². The van der Waals surface area contributed by atoms with Crippen molar-refractivity contribution in [2.45, 2.75) is 24.8 Å². The van der Waals surface area contributed by atoms with Gasteiger partial charge in [-0.2, -0.15) is 0 Å². The molecular weight excluding hydrogens is 270 g/mol. The Morgan fingerprint density at radius 2 is 2.06 bits per heavy atom. The van der Waals surface area contributed by atoms with E-state index in [9.17, 15) is 9.90 Å². The van der Waals surface area contributed by atoms with Gasteiger partial charge in [0.2, 0.25) is 0 Å².